The molecule has 5 nitrogen and oxygen atoms in total. The van der Waals surface area contributed by atoms with Crippen molar-refractivity contribution in [3.63, 3.8) is 0 Å². The van der Waals surface area contributed by atoms with E-state index in [1.807, 2.05) is 0 Å². The number of hydrogen-bond acceptors (Lipinski definition) is 4. The molecule has 0 spiro atoms. The van der Waals surface area contributed by atoms with Gasteiger partial charge in [-0.05, 0) is 6.92 Å². The predicted molar refractivity (Wildman–Crippen MR) is 39.5 cm³/mol. The first-order valence-electron chi connectivity index (χ1n) is 3.82. The predicted octanol–water partition coefficient (Wildman–Crippen LogP) is -0.0145. The molecule has 0 bridgehead atoms. The second-order valence-electron chi connectivity index (χ2n) is 2.78. The molecule has 1 fully saturated rings. The SMILES string of the molecule is CC1OCC(CC(=O)N(C)O)O1. The minimum atomic E-state index is -0.363. The van der Waals surface area contributed by atoms with Crippen LogP contribution in [0.5, 0.6) is 0 Å². The fraction of sp³-hybridized carbons (Fsp3) is 0.857. The summed E-state index contributed by atoms with van der Waals surface area (Å²) in [5, 5.41) is 9.30. The molecular formula is C7H13NO4. The molecule has 0 saturated carbocycles. The number of hydroxylamine groups is 2. The molecule has 1 rings (SSSR count). The van der Waals surface area contributed by atoms with Crippen molar-refractivity contribution >= 4 is 5.91 Å². The zero-order chi connectivity index (χ0) is 9.14. The van der Waals surface area contributed by atoms with Gasteiger partial charge in [0.1, 0.15) is 0 Å². The quantitative estimate of drug-likeness (QED) is 0.473. The lowest BCUT2D eigenvalue weighted by Crippen LogP contribution is -2.27. The van der Waals surface area contributed by atoms with Gasteiger partial charge >= 0.3 is 0 Å². The first-order valence-corrected chi connectivity index (χ1v) is 3.82. The maximum absolute atomic E-state index is 10.9. The largest absolute Gasteiger partial charge is 0.350 e. The molecule has 1 aliphatic rings. The van der Waals surface area contributed by atoms with Crippen molar-refractivity contribution in [1.29, 1.82) is 0 Å². The highest BCUT2D eigenvalue weighted by Gasteiger charge is 2.25. The van der Waals surface area contributed by atoms with E-state index in [9.17, 15) is 4.79 Å². The zero-order valence-electron chi connectivity index (χ0n) is 7.19. The lowest BCUT2D eigenvalue weighted by molar-refractivity contribution is -0.162. The van der Waals surface area contributed by atoms with Crippen LogP contribution in [0.3, 0.4) is 0 Å². The van der Waals surface area contributed by atoms with Gasteiger partial charge in [-0.15, -0.1) is 0 Å². The minimum absolute atomic E-state index is 0.164. The standard InChI is InChI=1S/C7H13NO4/c1-5-11-4-6(12-5)3-7(9)8(2)10/h5-6,10H,3-4H2,1-2H3. The van der Waals surface area contributed by atoms with Gasteiger partial charge in [0.05, 0.1) is 19.1 Å². The van der Waals surface area contributed by atoms with Gasteiger partial charge in [0, 0.05) is 7.05 Å². The van der Waals surface area contributed by atoms with Crippen molar-refractivity contribution < 1.29 is 19.5 Å². The van der Waals surface area contributed by atoms with Gasteiger partial charge in [-0.1, -0.05) is 0 Å². The lowest BCUT2D eigenvalue weighted by atomic mass is 10.2. The summed E-state index contributed by atoms with van der Waals surface area (Å²) in [6.45, 7) is 2.19. The summed E-state index contributed by atoms with van der Waals surface area (Å²) in [5.74, 6) is -0.363. The van der Waals surface area contributed by atoms with Crippen LogP contribution in [0.2, 0.25) is 0 Å². The van der Waals surface area contributed by atoms with Gasteiger partial charge in [-0.2, -0.15) is 0 Å². The molecule has 1 saturated heterocycles. The van der Waals surface area contributed by atoms with Crippen LogP contribution in [0, 0.1) is 0 Å². The summed E-state index contributed by atoms with van der Waals surface area (Å²) in [7, 11) is 1.29. The van der Waals surface area contributed by atoms with Crippen molar-refractivity contribution in [3.05, 3.63) is 0 Å². The highest BCUT2D eigenvalue weighted by atomic mass is 16.7. The van der Waals surface area contributed by atoms with E-state index in [0.29, 0.717) is 11.7 Å². The average Bonchev–Trinajstić information content (AvgIpc) is 2.35. The molecule has 1 N–H and O–H groups in total. The molecular weight excluding hydrogens is 162 g/mol. The number of rotatable bonds is 2. The monoisotopic (exact) mass is 175 g/mol. The van der Waals surface area contributed by atoms with Crippen LogP contribution in [-0.4, -0.2) is 42.2 Å². The number of carbonyl (C=O) groups is 1. The number of nitrogens with zero attached hydrogens (tertiary/aromatic N) is 1. The van der Waals surface area contributed by atoms with Crippen LogP contribution in [0.1, 0.15) is 13.3 Å². The molecule has 0 radical (unpaired) electrons. The summed E-state index contributed by atoms with van der Waals surface area (Å²) in [5.41, 5.74) is 0. The molecule has 5 heteroatoms. The molecule has 12 heavy (non-hydrogen) atoms. The smallest absolute Gasteiger partial charge is 0.248 e. The van der Waals surface area contributed by atoms with Crippen LogP contribution >= 0.6 is 0 Å². The van der Waals surface area contributed by atoms with Gasteiger partial charge < -0.3 is 9.47 Å². The summed E-state index contributed by atoms with van der Waals surface area (Å²) >= 11 is 0. The van der Waals surface area contributed by atoms with E-state index in [1.165, 1.54) is 7.05 Å². The fourth-order valence-corrected chi connectivity index (χ4v) is 1.03. The third-order valence-corrected chi connectivity index (χ3v) is 1.66. The molecule has 2 atom stereocenters. The molecule has 1 heterocycles. The number of ether oxygens (including phenoxy) is 2. The van der Waals surface area contributed by atoms with Crippen LogP contribution in [0.4, 0.5) is 0 Å². The van der Waals surface area contributed by atoms with E-state index < -0.39 is 0 Å². The second-order valence-corrected chi connectivity index (χ2v) is 2.78. The van der Waals surface area contributed by atoms with Crippen molar-refractivity contribution in [2.45, 2.75) is 25.7 Å². The molecule has 0 aromatic heterocycles. The second kappa shape index (κ2) is 3.84. The molecule has 0 aromatic carbocycles. The Kier molecular flexibility index (Phi) is 3.02. The molecule has 0 aromatic rings. The van der Waals surface area contributed by atoms with E-state index in [4.69, 9.17) is 14.7 Å². The molecule has 1 amide bonds. The highest BCUT2D eigenvalue weighted by molar-refractivity contribution is 5.75. The minimum Gasteiger partial charge on any atom is -0.350 e. The van der Waals surface area contributed by atoms with Crippen molar-refractivity contribution in [1.82, 2.24) is 5.06 Å². The summed E-state index contributed by atoms with van der Waals surface area (Å²) in [6.07, 6.45) is -0.300. The summed E-state index contributed by atoms with van der Waals surface area (Å²) < 4.78 is 10.3. The van der Waals surface area contributed by atoms with Crippen molar-refractivity contribution in [3.8, 4) is 0 Å². The maximum Gasteiger partial charge on any atom is 0.248 e. The summed E-state index contributed by atoms with van der Waals surface area (Å²) in [6, 6.07) is 0. The molecule has 1 aliphatic heterocycles. The zero-order valence-corrected chi connectivity index (χ0v) is 7.19. The fourth-order valence-electron chi connectivity index (χ4n) is 1.03. The Morgan fingerprint density at radius 3 is 2.83 bits per heavy atom. The third-order valence-electron chi connectivity index (χ3n) is 1.66. The number of amides is 1. The van der Waals surface area contributed by atoms with Crippen molar-refractivity contribution in [2.75, 3.05) is 13.7 Å². The van der Waals surface area contributed by atoms with E-state index in [-0.39, 0.29) is 24.7 Å². The van der Waals surface area contributed by atoms with E-state index >= 15 is 0 Å². The van der Waals surface area contributed by atoms with Gasteiger partial charge in [0.2, 0.25) is 5.91 Å². The molecule has 2 unspecified atom stereocenters. The Labute approximate surface area is 70.8 Å². The van der Waals surface area contributed by atoms with Gasteiger partial charge in [0.25, 0.3) is 0 Å². The Hall–Kier alpha value is -0.650. The topological polar surface area (TPSA) is 59.0 Å². The average molecular weight is 175 g/mol. The van der Waals surface area contributed by atoms with Gasteiger partial charge in [-0.3, -0.25) is 10.0 Å². The number of hydrogen-bond donors (Lipinski definition) is 1. The van der Waals surface area contributed by atoms with Crippen LogP contribution in [-0.2, 0) is 14.3 Å². The third kappa shape index (κ3) is 2.44. The Morgan fingerprint density at radius 2 is 2.42 bits per heavy atom. The van der Waals surface area contributed by atoms with E-state index in [1.54, 1.807) is 6.92 Å². The van der Waals surface area contributed by atoms with Crippen LogP contribution in [0.15, 0.2) is 0 Å². The molecule has 0 aliphatic carbocycles. The Morgan fingerprint density at radius 1 is 1.75 bits per heavy atom. The van der Waals surface area contributed by atoms with Crippen LogP contribution in [0.25, 0.3) is 0 Å². The van der Waals surface area contributed by atoms with Gasteiger partial charge in [-0.25, -0.2) is 5.06 Å². The highest BCUT2D eigenvalue weighted by Crippen LogP contribution is 2.13. The molecule has 70 valence electrons. The lowest BCUT2D eigenvalue weighted by Gasteiger charge is -2.11. The maximum atomic E-state index is 10.9. The number of carbonyl (C=O) groups excluding carboxylic acids is 1. The van der Waals surface area contributed by atoms with Crippen LogP contribution < -0.4 is 0 Å². The van der Waals surface area contributed by atoms with Crippen molar-refractivity contribution in [2.24, 2.45) is 0 Å². The van der Waals surface area contributed by atoms with Gasteiger partial charge in [0.15, 0.2) is 6.29 Å². The van der Waals surface area contributed by atoms with E-state index in [0.717, 1.165) is 0 Å². The Balaban J connectivity index is 2.28. The summed E-state index contributed by atoms with van der Waals surface area (Å²) in [4.78, 5) is 10.9. The van der Waals surface area contributed by atoms with E-state index in [2.05, 4.69) is 0 Å². The normalized spacial score (nSPS) is 28.9. The first kappa shape index (κ1) is 9.44. The first-order chi connectivity index (χ1) is 5.59. The Bertz CT molecular complexity index is 171.